The molecule has 2 aromatic carbocycles. The number of hydrogen-bond acceptors (Lipinski definition) is 7. The topological polar surface area (TPSA) is 90.8 Å². The lowest BCUT2D eigenvalue weighted by Gasteiger charge is -2.12. The molecule has 0 spiro atoms. The standard InChI is InChI=1S/C20H19N7OS/c1-14(29-20-24-21-13-26(20)2)16-6-4-8-18(10-16)27-12-19(23-25-27)17-7-3-5-15(9-17)11-22-28/h3-10,12-14H,11H2,1-2H3/t14-/m0/s1. The van der Waals surface area contributed by atoms with Gasteiger partial charge in [-0.2, -0.15) is 4.91 Å². The molecule has 9 heteroatoms. The first-order chi connectivity index (χ1) is 14.1. The first kappa shape index (κ1) is 19.0. The highest BCUT2D eigenvalue weighted by molar-refractivity contribution is 7.99. The van der Waals surface area contributed by atoms with Crippen molar-refractivity contribution < 1.29 is 0 Å². The summed E-state index contributed by atoms with van der Waals surface area (Å²) in [5, 5.41) is 20.7. The van der Waals surface area contributed by atoms with Gasteiger partial charge in [0.1, 0.15) is 18.6 Å². The SMILES string of the molecule is C[C@H](Sc1nncn1C)c1cccc(-n2cc(-c3cccc(CN=O)c3)nn2)c1. The summed E-state index contributed by atoms with van der Waals surface area (Å²) < 4.78 is 3.66. The summed E-state index contributed by atoms with van der Waals surface area (Å²) in [6, 6.07) is 15.8. The predicted octanol–water partition coefficient (Wildman–Crippen LogP) is 4.18. The van der Waals surface area contributed by atoms with E-state index in [9.17, 15) is 4.91 Å². The van der Waals surface area contributed by atoms with Crippen molar-refractivity contribution in [3.8, 4) is 16.9 Å². The molecule has 0 amide bonds. The number of aryl methyl sites for hydroxylation is 1. The average Bonchev–Trinajstić information content (AvgIpc) is 3.38. The van der Waals surface area contributed by atoms with E-state index in [4.69, 9.17) is 0 Å². The van der Waals surface area contributed by atoms with E-state index in [1.165, 1.54) is 0 Å². The van der Waals surface area contributed by atoms with Crippen LogP contribution in [0.4, 0.5) is 0 Å². The molecule has 4 aromatic rings. The lowest BCUT2D eigenvalue weighted by molar-refractivity contribution is 0.784. The van der Waals surface area contributed by atoms with Crippen LogP contribution in [0.3, 0.4) is 0 Å². The summed E-state index contributed by atoms with van der Waals surface area (Å²) in [4.78, 5) is 10.5. The van der Waals surface area contributed by atoms with Crippen LogP contribution in [0.25, 0.3) is 16.9 Å². The Morgan fingerprint density at radius 3 is 2.79 bits per heavy atom. The number of hydrogen-bond donors (Lipinski definition) is 0. The molecule has 0 radical (unpaired) electrons. The van der Waals surface area contributed by atoms with Gasteiger partial charge in [-0.1, -0.05) is 52.5 Å². The third kappa shape index (κ3) is 4.24. The van der Waals surface area contributed by atoms with Gasteiger partial charge in [-0.3, -0.25) is 0 Å². The minimum absolute atomic E-state index is 0.144. The van der Waals surface area contributed by atoms with Crippen LogP contribution in [0.15, 0.2) is 71.4 Å². The maximum absolute atomic E-state index is 10.5. The van der Waals surface area contributed by atoms with Crippen LogP contribution in [-0.2, 0) is 13.6 Å². The Bertz CT molecular complexity index is 1140. The second-order valence-electron chi connectivity index (χ2n) is 6.62. The van der Waals surface area contributed by atoms with Gasteiger partial charge < -0.3 is 4.57 Å². The number of thioether (sulfide) groups is 1. The maximum Gasteiger partial charge on any atom is 0.191 e. The molecule has 146 valence electrons. The molecule has 29 heavy (non-hydrogen) atoms. The largest absolute Gasteiger partial charge is 0.312 e. The molecule has 1 atom stereocenters. The number of rotatable bonds is 7. The molecule has 0 aliphatic heterocycles. The first-order valence-corrected chi connectivity index (χ1v) is 9.94. The fourth-order valence-electron chi connectivity index (χ4n) is 2.95. The smallest absolute Gasteiger partial charge is 0.191 e. The first-order valence-electron chi connectivity index (χ1n) is 9.06. The second-order valence-corrected chi connectivity index (χ2v) is 7.92. The summed E-state index contributed by atoms with van der Waals surface area (Å²) in [7, 11) is 1.93. The van der Waals surface area contributed by atoms with Crippen molar-refractivity contribution in [1.29, 1.82) is 0 Å². The highest BCUT2D eigenvalue weighted by atomic mass is 32.2. The number of nitroso groups, excluding NO2 is 1. The minimum atomic E-state index is 0.144. The van der Waals surface area contributed by atoms with Gasteiger partial charge in [0.2, 0.25) is 0 Å². The van der Waals surface area contributed by atoms with Gasteiger partial charge in [-0.05, 0) is 36.2 Å². The highest BCUT2D eigenvalue weighted by Gasteiger charge is 2.13. The van der Waals surface area contributed by atoms with Crippen molar-refractivity contribution in [2.24, 2.45) is 12.2 Å². The molecule has 8 nitrogen and oxygen atoms in total. The Morgan fingerprint density at radius 2 is 2.00 bits per heavy atom. The molecule has 2 aromatic heterocycles. The summed E-state index contributed by atoms with van der Waals surface area (Å²) in [5.41, 5.74) is 4.58. The molecule has 0 fully saturated rings. The summed E-state index contributed by atoms with van der Waals surface area (Å²) in [5.74, 6) is 0. The zero-order chi connectivity index (χ0) is 20.2. The lowest BCUT2D eigenvalue weighted by atomic mass is 10.1. The van der Waals surface area contributed by atoms with Crippen LogP contribution in [0.5, 0.6) is 0 Å². The predicted molar refractivity (Wildman–Crippen MR) is 112 cm³/mol. The molecule has 4 rings (SSSR count). The van der Waals surface area contributed by atoms with Crippen molar-refractivity contribution in [3.63, 3.8) is 0 Å². The highest BCUT2D eigenvalue weighted by Crippen LogP contribution is 2.34. The Hall–Kier alpha value is -3.33. The van der Waals surface area contributed by atoms with E-state index in [1.54, 1.807) is 22.8 Å². The van der Waals surface area contributed by atoms with Crippen LogP contribution in [0.1, 0.15) is 23.3 Å². The maximum atomic E-state index is 10.5. The second kappa shape index (κ2) is 8.36. The Labute approximate surface area is 172 Å². The van der Waals surface area contributed by atoms with Gasteiger partial charge in [0.15, 0.2) is 5.16 Å². The van der Waals surface area contributed by atoms with Crippen molar-refractivity contribution in [3.05, 3.63) is 77.1 Å². The molecule has 0 saturated carbocycles. The molecule has 0 aliphatic carbocycles. The van der Waals surface area contributed by atoms with Crippen molar-refractivity contribution >= 4 is 11.8 Å². The zero-order valence-electron chi connectivity index (χ0n) is 16.0. The van der Waals surface area contributed by atoms with E-state index in [0.717, 1.165) is 33.2 Å². The molecular weight excluding hydrogens is 386 g/mol. The Kier molecular flexibility index (Phi) is 5.48. The minimum Gasteiger partial charge on any atom is -0.312 e. The molecule has 0 unspecified atom stereocenters. The van der Waals surface area contributed by atoms with Crippen molar-refractivity contribution in [2.45, 2.75) is 23.9 Å². The zero-order valence-corrected chi connectivity index (χ0v) is 16.8. The monoisotopic (exact) mass is 405 g/mol. The van der Waals surface area contributed by atoms with E-state index in [1.807, 2.05) is 54.2 Å². The number of aromatic nitrogens is 6. The summed E-state index contributed by atoms with van der Waals surface area (Å²) in [6.45, 7) is 2.28. The van der Waals surface area contributed by atoms with E-state index in [2.05, 4.69) is 44.7 Å². The van der Waals surface area contributed by atoms with E-state index < -0.39 is 0 Å². The van der Waals surface area contributed by atoms with Gasteiger partial charge >= 0.3 is 0 Å². The van der Waals surface area contributed by atoms with Gasteiger partial charge in [0.25, 0.3) is 0 Å². The molecule has 0 N–H and O–H groups in total. The van der Waals surface area contributed by atoms with Gasteiger partial charge in [-0.25, -0.2) is 4.68 Å². The van der Waals surface area contributed by atoms with Crippen LogP contribution in [0.2, 0.25) is 0 Å². The number of benzene rings is 2. The quantitative estimate of drug-likeness (QED) is 0.338. The third-order valence-corrected chi connectivity index (χ3v) is 5.73. The van der Waals surface area contributed by atoms with Crippen molar-refractivity contribution in [1.82, 2.24) is 29.8 Å². The molecule has 0 bridgehead atoms. The fraction of sp³-hybridized carbons (Fsp3) is 0.200. The number of nitrogens with zero attached hydrogens (tertiary/aromatic N) is 7. The average molecular weight is 405 g/mol. The van der Waals surface area contributed by atoms with Crippen LogP contribution < -0.4 is 0 Å². The van der Waals surface area contributed by atoms with E-state index in [0.29, 0.717) is 0 Å². The van der Waals surface area contributed by atoms with Gasteiger partial charge in [0, 0.05) is 17.9 Å². The normalized spacial score (nSPS) is 12.1. The summed E-state index contributed by atoms with van der Waals surface area (Å²) >= 11 is 1.65. The Balaban J connectivity index is 1.57. The lowest BCUT2D eigenvalue weighted by Crippen LogP contribution is -1.98. The summed E-state index contributed by atoms with van der Waals surface area (Å²) in [6.07, 6.45) is 3.58. The van der Waals surface area contributed by atoms with Crippen molar-refractivity contribution in [2.75, 3.05) is 0 Å². The fourth-order valence-corrected chi connectivity index (χ4v) is 3.86. The van der Waals surface area contributed by atoms with Gasteiger partial charge in [-0.15, -0.1) is 15.3 Å². The molecule has 0 saturated heterocycles. The van der Waals surface area contributed by atoms with Crippen LogP contribution >= 0.6 is 11.8 Å². The van der Waals surface area contributed by atoms with E-state index >= 15 is 0 Å². The van der Waals surface area contributed by atoms with Crippen LogP contribution in [-0.4, -0.2) is 29.8 Å². The molecule has 2 heterocycles. The van der Waals surface area contributed by atoms with E-state index in [-0.39, 0.29) is 11.8 Å². The van der Waals surface area contributed by atoms with Gasteiger partial charge in [0.05, 0.1) is 11.9 Å². The third-order valence-electron chi connectivity index (χ3n) is 4.52. The Morgan fingerprint density at radius 1 is 1.14 bits per heavy atom. The molecule has 0 aliphatic rings. The van der Waals surface area contributed by atoms with Crippen LogP contribution in [0, 0.1) is 4.91 Å². The molecular formula is C20H19N7OS.